The molecule has 2 aliphatic rings. The molecule has 1 aliphatic heterocycles. The zero-order chi connectivity index (χ0) is 27.2. The van der Waals surface area contributed by atoms with Crippen molar-refractivity contribution in [1.82, 2.24) is 9.62 Å². The number of carbonyl (C=O) groups excluding carboxylic acids is 1. The summed E-state index contributed by atoms with van der Waals surface area (Å²) in [5.41, 5.74) is 0.635. The Bertz CT molecular complexity index is 1010. The summed E-state index contributed by atoms with van der Waals surface area (Å²) in [4.78, 5) is 13.0. The van der Waals surface area contributed by atoms with Crippen molar-refractivity contribution in [3.05, 3.63) is 29.8 Å². The highest BCUT2D eigenvalue weighted by atomic mass is 32.2. The lowest BCUT2D eigenvalue weighted by molar-refractivity contribution is 0.0428. The molecule has 0 radical (unpaired) electrons. The SMILES string of the molecule is C=[P+](C)CC(NC(=O)OC1CC2CCOC2C1)C(CN(CC(C)C)S(=O)(=O)c1ccc(CO)cc1)OC. The Morgan fingerprint density at radius 2 is 1.97 bits per heavy atom. The molecule has 2 fully saturated rings. The zero-order valence-corrected chi connectivity index (χ0v) is 24.0. The molecule has 3 rings (SSSR count). The molecule has 37 heavy (non-hydrogen) atoms. The molecule has 6 unspecified atom stereocenters. The average Bonchev–Trinajstić information content (AvgIpc) is 3.42. The number of alkyl carbamates (subject to hydrolysis) is 1. The summed E-state index contributed by atoms with van der Waals surface area (Å²) in [5, 5.41) is 12.3. The third kappa shape index (κ3) is 8.22. The highest BCUT2D eigenvalue weighted by molar-refractivity contribution is 7.89. The molecule has 1 saturated heterocycles. The number of benzene rings is 1. The molecule has 0 aromatic heterocycles. The van der Waals surface area contributed by atoms with E-state index in [0.717, 1.165) is 19.4 Å². The molecule has 9 nitrogen and oxygen atoms in total. The van der Waals surface area contributed by atoms with Gasteiger partial charge in [-0.3, -0.25) is 0 Å². The van der Waals surface area contributed by atoms with Crippen molar-refractivity contribution in [3.63, 3.8) is 0 Å². The van der Waals surface area contributed by atoms with Gasteiger partial charge in [0.2, 0.25) is 10.0 Å². The van der Waals surface area contributed by atoms with Gasteiger partial charge in [0.25, 0.3) is 0 Å². The van der Waals surface area contributed by atoms with Crippen molar-refractivity contribution < 1.29 is 32.5 Å². The van der Waals surface area contributed by atoms with E-state index in [-0.39, 0.29) is 42.7 Å². The highest BCUT2D eigenvalue weighted by Crippen LogP contribution is 2.37. The van der Waals surface area contributed by atoms with E-state index in [1.165, 1.54) is 23.5 Å². The maximum absolute atomic E-state index is 13.6. The minimum absolute atomic E-state index is 0.0638. The Hall–Kier alpha value is -1.55. The lowest BCUT2D eigenvalue weighted by atomic mass is 10.1. The predicted molar refractivity (Wildman–Crippen MR) is 146 cm³/mol. The number of hydrogen-bond donors (Lipinski definition) is 2. The molecule has 0 spiro atoms. The third-order valence-corrected chi connectivity index (χ3v) is 9.80. The van der Waals surface area contributed by atoms with Crippen LogP contribution in [0.25, 0.3) is 0 Å². The van der Waals surface area contributed by atoms with Crippen LogP contribution in [0.4, 0.5) is 4.79 Å². The van der Waals surface area contributed by atoms with Gasteiger partial charge in [0, 0.05) is 33.2 Å². The summed E-state index contributed by atoms with van der Waals surface area (Å²) in [5.74, 6) is 0.519. The first kappa shape index (κ1) is 30.0. The first-order valence-electron chi connectivity index (χ1n) is 12.9. The van der Waals surface area contributed by atoms with E-state index in [9.17, 15) is 18.3 Å². The first-order chi connectivity index (χ1) is 17.5. The van der Waals surface area contributed by atoms with Crippen molar-refractivity contribution in [2.75, 3.05) is 39.6 Å². The van der Waals surface area contributed by atoms with Gasteiger partial charge in [-0.25, -0.2) is 13.2 Å². The van der Waals surface area contributed by atoms with Crippen molar-refractivity contribution in [3.8, 4) is 0 Å². The number of aliphatic hydroxyl groups excluding tert-OH is 1. The van der Waals surface area contributed by atoms with Gasteiger partial charge in [-0.1, -0.05) is 26.0 Å². The van der Waals surface area contributed by atoms with Gasteiger partial charge in [-0.2, -0.15) is 4.31 Å². The van der Waals surface area contributed by atoms with Gasteiger partial charge in [0.1, 0.15) is 12.3 Å². The minimum Gasteiger partial charge on any atom is -0.446 e. The lowest BCUT2D eigenvalue weighted by Crippen LogP contribution is -2.52. The smallest absolute Gasteiger partial charge is 0.407 e. The molecule has 11 heteroatoms. The Morgan fingerprint density at radius 1 is 1.27 bits per heavy atom. The van der Waals surface area contributed by atoms with Gasteiger partial charge in [-0.15, -0.1) is 0 Å². The Morgan fingerprint density at radius 3 is 2.54 bits per heavy atom. The van der Waals surface area contributed by atoms with Crippen LogP contribution < -0.4 is 5.32 Å². The van der Waals surface area contributed by atoms with Gasteiger partial charge in [0.15, 0.2) is 0 Å². The van der Waals surface area contributed by atoms with Gasteiger partial charge in [0.05, 0.1) is 50.3 Å². The summed E-state index contributed by atoms with van der Waals surface area (Å²) in [7, 11) is -2.98. The van der Waals surface area contributed by atoms with Crippen LogP contribution in [-0.2, 0) is 30.8 Å². The number of ether oxygens (including phenoxy) is 3. The second-order valence-corrected chi connectivity index (χ2v) is 14.6. The Balaban J connectivity index is 1.74. The molecule has 1 aromatic rings. The van der Waals surface area contributed by atoms with Crippen molar-refractivity contribution in [2.45, 2.75) is 69.0 Å². The lowest BCUT2D eigenvalue weighted by Gasteiger charge is -2.31. The van der Waals surface area contributed by atoms with Crippen LogP contribution >= 0.6 is 7.55 Å². The highest BCUT2D eigenvalue weighted by Gasteiger charge is 2.41. The van der Waals surface area contributed by atoms with Gasteiger partial charge in [-0.05, 0) is 42.4 Å². The molecule has 208 valence electrons. The number of hydrogen-bond acceptors (Lipinski definition) is 7. The van der Waals surface area contributed by atoms with Crippen LogP contribution in [0.15, 0.2) is 29.2 Å². The second kappa shape index (κ2) is 13.5. The average molecular weight is 558 g/mol. The van der Waals surface area contributed by atoms with Crippen LogP contribution in [0, 0.1) is 11.8 Å². The fourth-order valence-electron chi connectivity index (χ4n) is 5.10. The van der Waals surface area contributed by atoms with E-state index < -0.39 is 35.8 Å². The zero-order valence-electron chi connectivity index (χ0n) is 22.3. The van der Waals surface area contributed by atoms with E-state index in [0.29, 0.717) is 24.1 Å². The maximum Gasteiger partial charge on any atom is 0.407 e. The summed E-state index contributed by atoms with van der Waals surface area (Å²) in [6.07, 6.45) is 6.08. The molecule has 1 amide bonds. The number of rotatable bonds is 13. The van der Waals surface area contributed by atoms with Crippen molar-refractivity contribution in [2.24, 2.45) is 11.8 Å². The fourth-order valence-corrected chi connectivity index (χ4v) is 7.72. The predicted octanol–water partition coefficient (Wildman–Crippen LogP) is 3.05. The summed E-state index contributed by atoms with van der Waals surface area (Å²) >= 11 is 0. The van der Waals surface area contributed by atoms with Crippen LogP contribution in [0.5, 0.6) is 0 Å². The molecular formula is C26H42N2O7PS+. The molecule has 1 aliphatic carbocycles. The molecule has 0 bridgehead atoms. The van der Waals surface area contributed by atoms with E-state index in [1.54, 1.807) is 12.1 Å². The Kier molecular flexibility index (Phi) is 10.9. The van der Waals surface area contributed by atoms with Gasteiger partial charge < -0.3 is 24.6 Å². The van der Waals surface area contributed by atoms with Gasteiger partial charge >= 0.3 is 6.09 Å². The van der Waals surface area contributed by atoms with Crippen molar-refractivity contribution >= 4 is 30.0 Å². The molecule has 6 atom stereocenters. The largest absolute Gasteiger partial charge is 0.446 e. The number of nitrogens with one attached hydrogen (secondary N) is 1. The number of aliphatic hydroxyl groups is 1. The van der Waals surface area contributed by atoms with Crippen LogP contribution in [-0.4, -0.2) is 94.2 Å². The summed E-state index contributed by atoms with van der Waals surface area (Å²) in [6, 6.07) is 5.74. The quantitative estimate of drug-likeness (QED) is 0.359. The first-order valence-corrected chi connectivity index (χ1v) is 16.5. The second-order valence-electron chi connectivity index (χ2n) is 10.5. The monoisotopic (exact) mass is 557 g/mol. The minimum atomic E-state index is -3.84. The summed E-state index contributed by atoms with van der Waals surface area (Å²) in [6.45, 7) is 6.87. The normalized spacial score (nSPS) is 23.6. The number of amides is 1. The summed E-state index contributed by atoms with van der Waals surface area (Å²) < 4.78 is 45.8. The molecule has 1 saturated carbocycles. The number of nitrogens with zero attached hydrogens (tertiary/aromatic N) is 1. The van der Waals surface area contributed by atoms with Crippen LogP contribution in [0.1, 0.15) is 38.7 Å². The van der Waals surface area contributed by atoms with Crippen LogP contribution in [0.3, 0.4) is 0 Å². The molecule has 1 heterocycles. The van der Waals surface area contributed by atoms with E-state index in [2.05, 4.69) is 11.6 Å². The topological polar surface area (TPSA) is 114 Å². The molecule has 1 aromatic carbocycles. The number of fused-ring (bicyclic) bond motifs is 1. The standard InChI is InChI=1S/C26H41N2O7PS/c1-18(2)14-28(37(31,32)22-8-6-19(16-29)7-9-22)15-25(33-3)23(17-36(4)5)27-26(30)35-21-12-20-10-11-34-24(20)13-21/h6-9,18,20-21,23-25,29H,4,10-17H2,1-3,5H3/p+1. The molecular weight excluding hydrogens is 515 g/mol. The maximum atomic E-state index is 13.6. The van der Waals surface area contributed by atoms with E-state index in [4.69, 9.17) is 14.2 Å². The Labute approximate surface area is 222 Å². The number of carbonyl (C=O) groups is 1. The van der Waals surface area contributed by atoms with Crippen molar-refractivity contribution in [1.29, 1.82) is 0 Å². The fraction of sp³-hybridized carbons (Fsp3) is 0.692. The number of methoxy groups -OCH3 is 1. The van der Waals surface area contributed by atoms with E-state index >= 15 is 0 Å². The third-order valence-electron chi connectivity index (χ3n) is 6.94. The van der Waals surface area contributed by atoms with E-state index in [1.807, 2.05) is 20.5 Å². The number of sulfonamides is 1. The van der Waals surface area contributed by atoms with Crippen LogP contribution in [0.2, 0.25) is 0 Å². The molecule has 2 N–H and O–H groups in total.